The number of carbonyl (C=O) groups is 2. The van der Waals surface area contributed by atoms with Gasteiger partial charge < -0.3 is 10.1 Å². The first-order valence-electron chi connectivity index (χ1n) is 6.53. The van der Waals surface area contributed by atoms with Crippen LogP contribution in [0.4, 0.5) is 0 Å². The largest absolute Gasteiger partial charge is 0.372 e. The fourth-order valence-corrected chi connectivity index (χ4v) is 1.71. The number of hydrogen-bond acceptors (Lipinski definition) is 4. The van der Waals surface area contributed by atoms with E-state index in [9.17, 15) is 9.59 Å². The topological polar surface area (TPSA) is 79.5 Å². The molecular formula is C14H19N3O3S. The summed E-state index contributed by atoms with van der Waals surface area (Å²) < 4.78 is 4.92. The summed E-state index contributed by atoms with van der Waals surface area (Å²) in [5.74, 6) is -0.617. The van der Waals surface area contributed by atoms with Gasteiger partial charge in [0, 0.05) is 6.61 Å². The summed E-state index contributed by atoms with van der Waals surface area (Å²) in [6.45, 7) is 4.11. The molecule has 21 heavy (non-hydrogen) atoms. The minimum Gasteiger partial charge on any atom is -0.372 e. The van der Waals surface area contributed by atoms with Gasteiger partial charge in [0.15, 0.2) is 5.11 Å². The normalized spacial score (nSPS) is 9.81. The predicted octanol–water partition coefficient (Wildman–Crippen LogP) is 0.596. The second-order valence-corrected chi connectivity index (χ2v) is 4.70. The molecule has 1 aromatic carbocycles. The second kappa shape index (κ2) is 9.04. The highest BCUT2D eigenvalue weighted by Crippen LogP contribution is 2.07. The van der Waals surface area contributed by atoms with E-state index < -0.39 is 0 Å². The summed E-state index contributed by atoms with van der Waals surface area (Å²) in [6, 6.07) is 7.61. The van der Waals surface area contributed by atoms with Crippen LogP contribution in [-0.2, 0) is 20.7 Å². The molecule has 0 bridgehead atoms. The molecule has 1 aromatic rings. The highest BCUT2D eigenvalue weighted by atomic mass is 32.1. The van der Waals surface area contributed by atoms with E-state index in [0.29, 0.717) is 6.61 Å². The first kappa shape index (κ1) is 17.1. The maximum absolute atomic E-state index is 11.8. The lowest BCUT2D eigenvalue weighted by atomic mass is 10.1. The van der Waals surface area contributed by atoms with Gasteiger partial charge in [-0.15, -0.1) is 0 Å². The van der Waals surface area contributed by atoms with Gasteiger partial charge in [0.2, 0.25) is 5.91 Å². The van der Waals surface area contributed by atoms with Crippen molar-refractivity contribution >= 4 is 29.1 Å². The zero-order valence-electron chi connectivity index (χ0n) is 12.1. The average Bonchev–Trinajstić information content (AvgIpc) is 2.45. The van der Waals surface area contributed by atoms with Gasteiger partial charge in [-0.3, -0.25) is 20.4 Å². The molecule has 0 saturated carbocycles. The van der Waals surface area contributed by atoms with Gasteiger partial charge in [0.05, 0.1) is 6.42 Å². The van der Waals surface area contributed by atoms with E-state index in [0.717, 1.165) is 11.1 Å². The second-order valence-electron chi connectivity index (χ2n) is 4.29. The molecule has 0 heterocycles. The fourth-order valence-electron chi connectivity index (χ4n) is 1.54. The molecular weight excluding hydrogens is 290 g/mol. The lowest BCUT2D eigenvalue weighted by Gasteiger charge is -2.11. The Morgan fingerprint density at radius 2 is 1.90 bits per heavy atom. The van der Waals surface area contributed by atoms with Crippen molar-refractivity contribution in [2.45, 2.75) is 20.3 Å². The number of benzene rings is 1. The Labute approximate surface area is 129 Å². The molecule has 7 heteroatoms. The molecule has 0 spiro atoms. The number of amides is 2. The summed E-state index contributed by atoms with van der Waals surface area (Å²) in [4.78, 5) is 23.1. The fraction of sp³-hybridized carbons (Fsp3) is 0.357. The maximum Gasteiger partial charge on any atom is 0.264 e. The molecule has 1 rings (SSSR count). The zero-order chi connectivity index (χ0) is 15.7. The molecule has 2 amide bonds. The standard InChI is InChI=1S/C14H19N3O3S/c1-3-20-9-13(19)16-17-14(21)15-12(18)8-11-7-5-4-6-10(11)2/h4-7H,3,8-9H2,1-2H3,(H,16,19)(H2,15,17,18,21). The minimum absolute atomic E-state index is 0.0402. The minimum atomic E-state index is -0.368. The van der Waals surface area contributed by atoms with Gasteiger partial charge in [0.25, 0.3) is 5.91 Å². The van der Waals surface area contributed by atoms with Crippen molar-refractivity contribution < 1.29 is 14.3 Å². The van der Waals surface area contributed by atoms with E-state index in [4.69, 9.17) is 17.0 Å². The van der Waals surface area contributed by atoms with Crippen LogP contribution < -0.4 is 16.2 Å². The number of hydrazine groups is 1. The Bertz CT molecular complexity index is 520. The van der Waals surface area contributed by atoms with Gasteiger partial charge in [-0.25, -0.2) is 0 Å². The third-order valence-corrected chi connectivity index (χ3v) is 2.82. The number of nitrogens with one attached hydrogen (secondary N) is 3. The first-order chi connectivity index (χ1) is 10.0. The van der Waals surface area contributed by atoms with Crippen molar-refractivity contribution in [1.29, 1.82) is 0 Å². The quantitative estimate of drug-likeness (QED) is 0.548. The van der Waals surface area contributed by atoms with Crippen molar-refractivity contribution in [1.82, 2.24) is 16.2 Å². The van der Waals surface area contributed by atoms with E-state index in [1.807, 2.05) is 31.2 Å². The number of hydrogen-bond donors (Lipinski definition) is 3. The first-order valence-corrected chi connectivity index (χ1v) is 6.94. The van der Waals surface area contributed by atoms with Crippen LogP contribution in [0.25, 0.3) is 0 Å². The highest BCUT2D eigenvalue weighted by Gasteiger charge is 2.08. The summed E-state index contributed by atoms with van der Waals surface area (Å²) in [7, 11) is 0. The van der Waals surface area contributed by atoms with Crippen LogP contribution in [0.2, 0.25) is 0 Å². The third-order valence-electron chi connectivity index (χ3n) is 2.62. The van der Waals surface area contributed by atoms with E-state index in [1.54, 1.807) is 6.92 Å². The lowest BCUT2D eigenvalue weighted by molar-refractivity contribution is -0.126. The molecule has 0 radical (unpaired) electrons. The molecule has 0 fully saturated rings. The number of rotatable bonds is 5. The van der Waals surface area contributed by atoms with E-state index in [1.165, 1.54) is 0 Å². The van der Waals surface area contributed by atoms with Crippen LogP contribution in [0.1, 0.15) is 18.1 Å². The van der Waals surface area contributed by atoms with Crippen LogP contribution >= 0.6 is 12.2 Å². The van der Waals surface area contributed by atoms with E-state index in [2.05, 4.69) is 16.2 Å². The molecule has 0 unspecified atom stereocenters. The van der Waals surface area contributed by atoms with Crippen molar-refractivity contribution in [3.63, 3.8) is 0 Å². The summed E-state index contributed by atoms with van der Waals surface area (Å²) in [6.07, 6.45) is 0.224. The molecule has 0 aliphatic rings. The number of aryl methyl sites for hydroxylation is 1. The number of ether oxygens (including phenoxy) is 1. The van der Waals surface area contributed by atoms with Gasteiger partial charge in [-0.05, 0) is 37.2 Å². The molecule has 0 aliphatic carbocycles. The van der Waals surface area contributed by atoms with Gasteiger partial charge in [-0.1, -0.05) is 24.3 Å². The van der Waals surface area contributed by atoms with E-state index >= 15 is 0 Å². The van der Waals surface area contributed by atoms with Gasteiger partial charge in [-0.2, -0.15) is 0 Å². The molecule has 114 valence electrons. The molecule has 0 saturated heterocycles. The number of carbonyl (C=O) groups excluding carboxylic acids is 2. The predicted molar refractivity (Wildman–Crippen MR) is 83.4 cm³/mol. The molecule has 0 atom stereocenters. The molecule has 0 aromatic heterocycles. The highest BCUT2D eigenvalue weighted by molar-refractivity contribution is 7.80. The van der Waals surface area contributed by atoms with Crippen molar-refractivity contribution in [3.8, 4) is 0 Å². The summed E-state index contributed by atoms with van der Waals surface area (Å²) in [5, 5.41) is 2.53. The maximum atomic E-state index is 11.8. The smallest absolute Gasteiger partial charge is 0.264 e. The van der Waals surface area contributed by atoms with Crippen molar-refractivity contribution in [3.05, 3.63) is 35.4 Å². The third kappa shape index (κ3) is 6.82. The lowest BCUT2D eigenvalue weighted by Crippen LogP contribution is -2.49. The van der Waals surface area contributed by atoms with Gasteiger partial charge in [0.1, 0.15) is 6.61 Å². The monoisotopic (exact) mass is 309 g/mol. The van der Waals surface area contributed by atoms with Gasteiger partial charge >= 0.3 is 0 Å². The number of thiocarbonyl (C=S) groups is 1. The Morgan fingerprint density at radius 3 is 2.57 bits per heavy atom. The molecule has 3 N–H and O–H groups in total. The Hall–Kier alpha value is -1.99. The van der Waals surface area contributed by atoms with E-state index in [-0.39, 0.29) is 30.0 Å². The average molecular weight is 309 g/mol. The Balaban J connectivity index is 2.33. The van der Waals surface area contributed by atoms with Crippen molar-refractivity contribution in [2.75, 3.05) is 13.2 Å². The van der Waals surface area contributed by atoms with Crippen LogP contribution in [0.5, 0.6) is 0 Å². The molecule has 6 nitrogen and oxygen atoms in total. The Morgan fingerprint density at radius 1 is 1.19 bits per heavy atom. The van der Waals surface area contributed by atoms with Crippen LogP contribution in [-0.4, -0.2) is 30.1 Å². The zero-order valence-corrected chi connectivity index (χ0v) is 12.9. The summed E-state index contributed by atoms with van der Waals surface area (Å²) >= 11 is 4.91. The SMILES string of the molecule is CCOCC(=O)NNC(=S)NC(=O)Cc1ccccc1C. The Kier molecular flexibility index (Phi) is 7.34. The van der Waals surface area contributed by atoms with Crippen LogP contribution in [0.15, 0.2) is 24.3 Å². The van der Waals surface area contributed by atoms with Crippen LogP contribution in [0, 0.1) is 6.92 Å². The van der Waals surface area contributed by atoms with Crippen molar-refractivity contribution in [2.24, 2.45) is 0 Å². The summed E-state index contributed by atoms with van der Waals surface area (Å²) in [5.41, 5.74) is 6.74. The molecule has 0 aliphatic heterocycles. The van der Waals surface area contributed by atoms with Crippen LogP contribution in [0.3, 0.4) is 0 Å².